The predicted molar refractivity (Wildman–Crippen MR) is 89.9 cm³/mol. The Balaban J connectivity index is 1.96. The average Bonchev–Trinajstić information content (AvgIpc) is 2.58. The van der Waals surface area contributed by atoms with Gasteiger partial charge in [0.15, 0.2) is 0 Å². The molecule has 0 aliphatic carbocycles. The van der Waals surface area contributed by atoms with E-state index in [-0.39, 0.29) is 19.2 Å². The number of carbonyl (C=O) groups is 1. The molecular weight excluding hydrogens is 290 g/mol. The maximum Gasteiger partial charge on any atom is 0.410 e. The maximum absolute atomic E-state index is 12.3. The summed E-state index contributed by atoms with van der Waals surface area (Å²) >= 11 is 0. The molecule has 0 aromatic heterocycles. The van der Waals surface area contributed by atoms with Gasteiger partial charge in [0.05, 0.1) is 12.6 Å². The monoisotopic (exact) mass is 313 g/mol. The number of benzene rings is 2. The number of amides is 1. The lowest BCUT2D eigenvalue weighted by molar-refractivity contribution is 0.0570. The molecule has 4 nitrogen and oxygen atoms in total. The van der Waals surface area contributed by atoms with Crippen LogP contribution in [-0.4, -0.2) is 28.7 Å². The summed E-state index contributed by atoms with van der Waals surface area (Å²) in [6.07, 6.45) is -1.15. The zero-order valence-electron chi connectivity index (χ0n) is 13.6. The van der Waals surface area contributed by atoms with E-state index in [4.69, 9.17) is 4.74 Å². The lowest BCUT2D eigenvalue weighted by Crippen LogP contribution is -2.40. The normalized spacial score (nSPS) is 12.0. The first-order valence-corrected chi connectivity index (χ1v) is 7.78. The topological polar surface area (TPSA) is 49.8 Å². The first-order valence-electron chi connectivity index (χ1n) is 7.78. The first-order chi connectivity index (χ1) is 11.1. The van der Waals surface area contributed by atoms with Crippen molar-refractivity contribution >= 4 is 6.09 Å². The third-order valence-electron chi connectivity index (χ3n) is 3.62. The molecule has 0 fully saturated rings. The third-order valence-corrected chi connectivity index (χ3v) is 3.62. The van der Waals surface area contributed by atoms with Crippen LogP contribution in [0.4, 0.5) is 4.79 Å². The second-order valence-corrected chi connectivity index (χ2v) is 5.71. The van der Waals surface area contributed by atoms with E-state index in [1.54, 1.807) is 4.90 Å². The SMILES string of the molecule is CC(C)N(CC(O)c1ccccc1)C(=O)OCc1ccccc1. The molecule has 4 heteroatoms. The van der Waals surface area contributed by atoms with Crippen LogP contribution in [0.2, 0.25) is 0 Å². The lowest BCUT2D eigenvalue weighted by Gasteiger charge is -2.28. The van der Waals surface area contributed by atoms with Crippen LogP contribution in [0.15, 0.2) is 60.7 Å². The molecule has 0 heterocycles. The van der Waals surface area contributed by atoms with Crippen LogP contribution in [0.5, 0.6) is 0 Å². The highest BCUT2D eigenvalue weighted by atomic mass is 16.6. The molecule has 1 unspecified atom stereocenters. The van der Waals surface area contributed by atoms with Gasteiger partial charge in [-0.2, -0.15) is 0 Å². The molecule has 1 atom stereocenters. The Morgan fingerprint density at radius 2 is 1.61 bits per heavy atom. The van der Waals surface area contributed by atoms with Gasteiger partial charge >= 0.3 is 6.09 Å². The fourth-order valence-corrected chi connectivity index (χ4v) is 2.27. The van der Waals surface area contributed by atoms with Gasteiger partial charge in [-0.05, 0) is 25.0 Å². The van der Waals surface area contributed by atoms with Crippen molar-refractivity contribution in [2.75, 3.05) is 6.54 Å². The van der Waals surface area contributed by atoms with Crippen LogP contribution in [0.1, 0.15) is 31.1 Å². The van der Waals surface area contributed by atoms with E-state index in [1.807, 2.05) is 74.5 Å². The molecule has 0 bridgehead atoms. The molecule has 23 heavy (non-hydrogen) atoms. The van der Waals surface area contributed by atoms with Crippen LogP contribution in [0, 0.1) is 0 Å². The minimum atomic E-state index is -0.733. The van der Waals surface area contributed by atoms with E-state index in [1.165, 1.54) is 0 Å². The fraction of sp³-hybridized carbons (Fsp3) is 0.316. The zero-order chi connectivity index (χ0) is 16.7. The standard InChI is InChI=1S/C19H23NO3/c1-15(2)20(13-18(21)17-11-7-4-8-12-17)19(22)23-14-16-9-5-3-6-10-16/h3-12,15,18,21H,13-14H2,1-2H3. The first kappa shape index (κ1) is 17.0. The van der Waals surface area contributed by atoms with E-state index in [9.17, 15) is 9.90 Å². The van der Waals surface area contributed by atoms with Crippen LogP contribution in [-0.2, 0) is 11.3 Å². The number of carbonyl (C=O) groups excluding carboxylic acids is 1. The van der Waals surface area contributed by atoms with Crippen LogP contribution >= 0.6 is 0 Å². The maximum atomic E-state index is 12.3. The molecule has 0 radical (unpaired) electrons. The smallest absolute Gasteiger partial charge is 0.410 e. The molecule has 2 aromatic rings. The molecule has 0 aliphatic rings. The van der Waals surface area contributed by atoms with Crippen molar-refractivity contribution in [3.8, 4) is 0 Å². The van der Waals surface area contributed by atoms with Gasteiger partial charge < -0.3 is 14.7 Å². The molecular formula is C19H23NO3. The Morgan fingerprint density at radius 3 is 2.17 bits per heavy atom. The minimum Gasteiger partial charge on any atom is -0.445 e. The number of hydrogen-bond acceptors (Lipinski definition) is 3. The van der Waals surface area contributed by atoms with Crippen molar-refractivity contribution in [1.29, 1.82) is 0 Å². The largest absolute Gasteiger partial charge is 0.445 e. The second-order valence-electron chi connectivity index (χ2n) is 5.71. The van der Waals surface area contributed by atoms with Crippen LogP contribution in [0.25, 0.3) is 0 Å². The number of nitrogens with zero attached hydrogens (tertiary/aromatic N) is 1. The summed E-state index contributed by atoms with van der Waals surface area (Å²) < 4.78 is 5.36. The second kappa shape index (κ2) is 8.34. The molecule has 2 rings (SSSR count). The molecule has 1 N–H and O–H groups in total. The van der Waals surface area contributed by atoms with Gasteiger partial charge in [-0.15, -0.1) is 0 Å². The molecule has 0 saturated carbocycles. The summed E-state index contributed by atoms with van der Waals surface area (Å²) in [6.45, 7) is 4.24. The molecule has 0 saturated heterocycles. The van der Waals surface area contributed by atoms with Crippen molar-refractivity contribution in [3.63, 3.8) is 0 Å². The minimum absolute atomic E-state index is 0.0587. The van der Waals surface area contributed by atoms with Gasteiger partial charge in [-0.25, -0.2) is 4.79 Å². The van der Waals surface area contributed by atoms with Crippen molar-refractivity contribution in [3.05, 3.63) is 71.8 Å². The Labute approximate surface area is 137 Å². The summed E-state index contributed by atoms with van der Waals surface area (Å²) in [4.78, 5) is 13.9. The van der Waals surface area contributed by atoms with Gasteiger partial charge in [-0.3, -0.25) is 0 Å². The van der Waals surface area contributed by atoms with Crippen LogP contribution in [0.3, 0.4) is 0 Å². The summed E-state index contributed by atoms with van der Waals surface area (Å²) in [5, 5.41) is 10.3. The molecule has 1 amide bonds. The van der Waals surface area contributed by atoms with E-state index in [2.05, 4.69) is 0 Å². The van der Waals surface area contributed by atoms with Crippen molar-refractivity contribution < 1.29 is 14.6 Å². The number of ether oxygens (including phenoxy) is 1. The fourth-order valence-electron chi connectivity index (χ4n) is 2.27. The molecule has 0 spiro atoms. The Kier molecular flexibility index (Phi) is 6.18. The van der Waals surface area contributed by atoms with Gasteiger partial charge in [-0.1, -0.05) is 60.7 Å². The van der Waals surface area contributed by atoms with Crippen molar-refractivity contribution in [1.82, 2.24) is 4.90 Å². The Morgan fingerprint density at radius 1 is 1.04 bits per heavy atom. The van der Waals surface area contributed by atoms with Crippen molar-refractivity contribution in [2.45, 2.75) is 32.6 Å². The van der Waals surface area contributed by atoms with E-state index in [0.29, 0.717) is 0 Å². The van der Waals surface area contributed by atoms with E-state index < -0.39 is 12.2 Å². The summed E-state index contributed by atoms with van der Waals surface area (Å²) in [7, 11) is 0. The quantitative estimate of drug-likeness (QED) is 0.883. The molecule has 0 aliphatic heterocycles. The highest BCUT2D eigenvalue weighted by molar-refractivity contribution is 5.68. The number of aliphatic hydroxyl groups excluding tert-OH is 1. The van der Waals surface area contributed by atoms with Gasteiger partial charge in [0, 0.05) is 6.04 Å². The highest BCUT2D eigenvalue weighted by Gasteiger charge is 2.22. The molecule has 2 aromatic carbocycles. The Bertz CT molecular complexity index is 599. The summed E-state index contributed by atoms with van der Waals surface area (Å²) in [6, 6.07) is 18.8. The molecule has 122 valence electrons. The number of hydrogen-bond donors (Lipinski definition) is 1. The number of rotatable bonds is 6. The van der Waals surface area contributed by atoms with Crippen LogP contribution < -0.4 is 0 Å². The van der Waals surface area contributed by atoms with E-state index in [0.717, 1.165) is 11.1 Å². The summed E-state index contributed by atoms with van der Waals surface area (Å²) in [5.41, 5.74) is 1.72. The Hall–Kier alpha value is -2.33. The summed E-state index contributed by atoms with van der Waals surface area (Å²) in [5.74, 6) is 0. The van der Waals surface area contributed by atoms with Gasteiger partial charge in [0.2, 0.25) is 0 Å². The van der Waals surface area contributed by atoms with E-state index >= 15 is 0 Å². The third kappa shape index (κ3) is 5.11. The highest BCUT2D eigenvalue weighted by Crippen LogP contribution is 2.16. The van der Waals surface area contributed by atoms with Gasteiger partial charge in [0.25, 0.3) is 0 Å². The predicted octanol–water partition coefficient (Wildman–Crippen LogP) is 3.77. The zero-order valence-corrected chi connectivity index (χ0v) is 13.6. The van der Waals surface area contributed by atoms with Gasteiger partial charge in [0.1, 0.15) is 6.61 Å². The lowest BCUT2D eigenvalue weighted by atomic mass is 10.1. The van der Waals surface area contributed by atoms with Crippen molar-refractivity contribution in [2.24, 2.45) is 0 Å². The number of aliphatic hydroxyl groups is 1. The average molecular weight is 313 g/mol.